The summed E-state index contributed by atoms with van der Waals surface area (Å²) in [7, 11) is 0. The minimum Gasteiger partial charge on any atom is -0.350 e. The number of halogens is 3. The fourth-order valence-electron chi connectivity index (χ4n) is 3.76. The Kier molecular flexibility index (Phi) is 10.9. The highest BCUT2D eigenvalue weighted by atomic mass is 79.9. The van der Waals surface area contributed by atoms with Gasteiger partial charge in [-0.1, -0.05) is 87.7 Å². The third-order valence-electron chi connectivity index (χ3n) is 5.51. The molecule has 0 aromatic heterocycles. The predicted molar refractivity (Wildman–Crippen MR) is 159 cm³/mol. The van der Waals surface area contributed by atoms with Gasteiger partial charge < -0.3 is 10.2 Å². The van der Waals surface area contributed by atoms with Crippen molar-refractivity contribution in [3.63, 3.8) is 0 Å². The largest absolute Gasteiger partial charge is 0.350 e. The van der Waals surface area contributed by atoms with E-state index in [2.05, 4.69) is 21.2 Å². The molecule has 3 aromatic rings. The van der Waals surface area contributed by atoms with E-state index in [9.17, 15) is 9.59 Å². The number of hydrogen-bond donors (Lipinski definition) is 1. The van der Waals surface area contributed by atoms with Crippen molar-refractivity contribution in [3.8, 4) is 0 Å². The molecule has 0 saturated carbocycles. The molecule has 0 aliphatic carbocycles. The number of carbonyl (C=O) groups excluding carboxylic acids is 2. The summed E-state index contributed by atoms with van der Waals surface area (Å²) in [5.74, 6) is 0.561. The molecular formula is C29H31BrCl2N2O2S. The quantitative estimate of drug-likeness (QED) is 0.254. The van der Waals surface area contributed by atoms with Gasteiger partial charge in [-0.25, -0.2) is 0 Å². The number of hydrogen-bond acceptors (Lipinski definition) is 3. The number of carbonyl (C=O) groups is 2. The van der Waals surface area contributed by atoms with E-state index in [4.69, 9.17) is 23.2 Å². The molecule has 0 bridgehead atoms. The molecule has 2 amide bonds. The molecule has 1 atom stereocenters. The smallest absolute Gasteiger partial charge is 0.243 e. The second-order valence-electron chi connectivity index (χ2n) is 9.83. The van der Waals surface area contributed by atoms with Crippen LogP contribution in [0.4, 0.5) is 0 Å². The van der Waals surface area contributed by atoms with E-state index in [0.717, 1.165) is 21.2 Å². The Morgan fingerprint density at radius 1 is 0.919 bits per heavy atom. The summed E-state index contributed by atoms with van der Waals surface area (Å²) in [5, 5.41) is 4.08. The Morgan fingerprint density at radius 3 is 2.19 bits per heavy atom. The first-order valence-corrected chi connectivity index (χ1v) is 14.6. The van der Waals surface area contributed by atoms with Gasteiger partial charge in [-0.2, -0.15) is 0 Å². The zero-order chi connectivity index (χ0) is 27.0. The third-order valence-corrected chi connectivity index (χ3v) is 7.77. The van der Waals surface area contributed by atoms with Crippen LogP contribution in [0.1, 0.15) is 37.5 Å². The van der Waals surface area contributed by atoms with Gasteiger partial charge in [0.05, 0.1) is 15.8 Å². The van der Waals surface area contributed by atoms with Crippen LogP contribution in [0.15, 0.2) is 77.3 Å². The molecule has 0 fully saturated rings. The number of benzene rings is 3. The van der Waals surface area contributed by atoms with Crippen LogP contribution in [0.3, 0.4) is 0 Å². The number of amides is 2. The average molecular weight is 622 g/mol. The first kappa shape index (κ1) is 29.6. The lowest BCUT2D eigenvalue weighted by Gasteiger charge is -2.34. The van der Waals surface area contributed by atoms with Crippen LogP contribution in [0.5, 0.6) is 0 Å². The van der Waals surface area contributed by atoms with E-state index >= 15 is 0 Å². The Labute approximate surface area is 242 Å². The van der Waals surface area contributed by atoms with Crippen LogP contribution < -0.4 is 5.32 Å². The van der Waals surface area contributed by atoms with E-state index in [1.54, 1.807) is 11.0 Å². The van der Waals surface area contributed by atoms with Crippen molar-refractivity contribution >= 4 is 62.7 Å². The molecule has 1 unspecified atom stereocenters. The van der Waals surface area contributed by atoms with Crippen molar-refractivity contribution in [2.45, 2.75) is 51.1 Å². The van der Waals surface area contributed by atoms with E-state index < -0.39 is 11.6 Å². The molecule has 0 spiro atoms. The summed E-state index contributed by atoms with van der Waals surface area (Å²) < 4.78 is 0.956. The maximum absolute atomic E-state index is 13.7. The van der Waals surface area contributed by atoms with Gasteiger partial charge in [-0.05, 0) is 61.7 Å². The van der Waals surface area contributed by atoms with Gasteiger partial charge >= 0.3 is 0 Å². The van der Waals surface area contributed by atoms with Crippen molar-refractivity contribution < 1.29 is 9.59 Å². The molecule has 0 heterocycles. The van der Waals surface area contributed by atoms with Gasteiger partial charge in [-0.3, -0.25) is 9.59 Å². The van der Waals surface area contributed by atoms with Crippen molar-refractivity contribution in [3.05, 3.63) is 104 Å². The zero-order valence-corrected chi connectivity index (χ0v) is 25.1. The lowest BCUT2D eigenvalue weighted by Crippen LogP contribution is -2.54. The molecule has 3 rings (SSSR count). The first-order chi connectivity index (χ1) is 17.5. The summed E-state index contributed by atoms with van der Waals surface area (Å²) in [5.41, 5.74) is 2.50. The van der Waals surface area contributed by atoms with E-state index in [-0.39, 0.29) is 17.6 Å². The minimum absolute atomic E-state index is 0.0991. The Balaban J connectivity index is 1.86. The summed E-state index contributed by atoms with van der Waals surface area (Å²) in [6.45, 7) is 6.16. The molecule has 0 aliphatic heterocycles. The number of nitrogens with one attached hydrogen (secondary N) is 1. The molecule has 0 radical (unpaired) electrons. The summed E-state index contributed by atoms with van der Waals surface area (Å²) in [6, 6.07) is 22.4. The summed E-state index contributed by atoms with van der Waals surface area (Å²) in [4.78, 5) is 29.0. The topological polar surface area (TPSA) is 49.4 Å². The molecular weight excluding hydrogens is 591 g/mol. The average Bonchev–Trinajstić information content (AvgIpc) is 2.84. The second kappa shape index (κ2) is 13.7. The van der Waals surface area contributed by atoms with Gasteiger partial charge in [0.2, 0.25) is 11.8 Å². The van der Waals surface area contributed by atoms with Crippen LogP contribution in [0.25, 0.3) is 0 Å². The predicted octanol–water partition coefficient (Wildman–Crippen LogP) is 7.54. The van der Waals surface area contributed by atoms with Gasteiger partial charge in [0, 0.05) is 28.7 Å². The Morgan fingerprint density at radius 2 is 1.57 bits per heavy atom. The van der Waals surface area contributed by atoms with Crippen LogP contribution in [0.2, 0.25) is 10.0 Å². The highest BCUT2D eigenvalue weighted by molar-refractivity contribution is 9.10. The fourth-order valence-corrected chi connectivity index (χ4v) is 5.20. The standard InChI is InChI=1S/C29H31BrCl2N2O2S/c1-29(2,3)33-28(36)26(16-20-7-5-4-6-8-20)34(17-21-9-12-23(30)13-10-21)27(35)19-37-18-22-11-14-24(31)25(32)15-22/h4-15,26H,16-19H2,1-3H3,(H,33,36). The van der Waals surface area contributed by atoms with Crippen molar-refractivity contribution in [1.82, 2.24) is 10.2 Å². The van der Waals surface area contributed by atoms with Crippen LogP contribution >= 0.6 is 50.9 Å². The first-order valence-electron chi connectivity index (χ1n) is 11.9. The lowest BCUT2D eigenvalue weighted by molar-refractivity contribution is -0.140. The lowest BCUT2D eigenvalue weighted by atomic mass is 10.0. The zero-order valence-electron chi connectivity index (χ0n) is 21.1. The minimum atomic E-state index is -0.664. The maximum Gasteiger partial charge on any atom is 0.243 e. The van der Waals surface area contributed by atoms with E-state index in [1.165, 1.54) is 11.8 Å². The van der Waals surface area contributed by atoms with Crippen molar-refractivity contribution in [1.29, 1.82) is 0 Å². The molecule has 3 aromatic carbocycles. The molecule has 37 heavy (non-hydrogen) atoms. The Hall–Kier alpha value is -1.99. The highest BCUT2D eigenvalue weighted by Gasteiger charge is 2.32. The monoisotopic (exact) mass is 620 g/mol. The van der Waals surface area contributed by atoms with Gasteiger partial charge in [0.25, 0.3) is 0 Å². The van der Waals surface area contributed by atoms with E-state index in [0.29, 0.717) is 28.8 Å². The van der Waals surface area contributed by atoms with Crippen LogP contribution in [-0.4, -0.2) is 34.0 Å². The fraction of sp³-hybridized carbons (Fsp3) is 0.310. The second-order valence-corrected chi connectivity index (χ2v) is 12.5. The number of nitrogens with zero attached hydrogens (tertiary/aromatic N) is 1. The van der Waals surface area contributed by atoms with Crippen molar-refractivity contribution in [2.24, 2.45) is 0 Å². The molecule has 0 saturated heterocycles. The maximum atomic E-state index is 13.7. The molecule has 4 nitrogen and oxygen atoms in total. The molecule has 0 aliphatic rings. The molecule has 8 heteroatoms. The summed E-state index contributed by atoms with van der Waals surface area (Å²) in [6.07, 6.45) is 0.419. The third kappa shape index (κ3) is 9.68. The van der Waals surface area contributed by atoms with Gasteiger partial charge in [0.15, 0.2) is 0 Å². The Bertz CT molecular complexity index is 1200. The van der Waals surface area contributed by atoms with Gasteiger partial charge in [0.1, 0.15) is 6.04 Å². The summed E-state index contributed by atoms with van der Waals surface area (Å²) >= 11 is 17.1. The highest BCUT2D eigenvalue weighted by Crippen LogP contribution is 2.25. The van der Waals surface area contributed by atoms with E-state index in [1.807, 2.05) is 87.5 Å². The van der Waals surface area contributed by atoms with Crippen LogP contribution in [0, 0.1) is 0 Å². The van der Waals surface area contributed by atoms with Crippen molar-refractivity contribution in [2.75, 3.05) is 5.75 Å². The van der Waals surface area contributed by atoms with Gasteiger partial charge in [-0.15, -0.1) is 11.8 Å². The normalized spacial score (nSPS) is 12.2. The SMILES string of the molecule is CC(C)(C)NC(=O)C(Cc1ccccc1)N(Cc1ccc(Br)cc1)C(=O)CSCc1ccc(Cl)c(Cl)c1. The van der Waals surface area contributed by atoms with Crippen LogP contribution in [-0.2, 0) is 28.3 Å². The number of rotatable bonds is 10. The molecule has 1 N–H and O–H groups in total. The number of thioether (sulfide) groups is 1. The molecule has 196 valence electrons.